The van der Waals surface area contributed by atoms with Crippen molar-refractivity contribution in [2.75, 3.05) is 25.2 Å². The maximum absolute atomic E-state index is 11.4. The molecule has 1 fully saturated rings. The van der Waals surface area contributed by atoms with E-state index >= 15 is 0 Å². The van der Waals surface area contributed by atoms with E-state index in [2.05, 4.69) is 15.6 Å². The second kappa shape index (κ2) is 7.42. The van der Waals surface area contributed by atoms with Crippen LogP contribution in [-0.2, 0) is 32.5 Å². The van der Waals surface area contributed by atoms with Gasteiger partial charge in [-0.25, -0.2) is 13.4 Å². The van der Waals surface area contributed by atoms with E-state index < -0.39 is 9.84 Å². The molecule has 1 aliphatic carbocycles. The molecule has 2 aromatic heterocycles. The Morgan fingerprint density at radius 3 is 2.71 bits per heavy atom. The number of para-hydroxylation sites is 1. The second-order valence-corrected chi connectivity index (χ2v) is 9.68. The Morgan fingerprint density at radius 2 is 2.00 bits per heavy atom. The number of rotatable bonds is 9. The summed E-state index contributed by atoms with van der Waals surface area (Å²) >= 11 is 0. The zero-order valence-corrected chi connectivity index (χ0v) is 17.0. The first-order chi connectivity index (χ1) is 13.4. The number of hydrogen-bond acceptors (Lipinski definition) is 6. The van der Waals surface area contributed by atoms with E-state index in [-0.39, 0.29) is 18.0 Å². The van der Waals surface area contributed by atoms with E-state index in [0.29, 0.717) is 19.8 Å². The first-order valence-corrected chi connectivity index (χ1v) is 11.6. The summed E-state index contributed by atoms with van der Waals surface area (Å²) in [6.07, 6.45) is 4.85. The highest BCUT2D eigenvalue weighted by Gasteiger charge is 2.45. The monoisotopic (exact) mass is 403 g/mol. The van der Waals surface area contributed by atoms with E-state index in [0.717, 1.165) is 40.6 Å². The summed E-state index contributed by atoms with van der Waals surface area (Å²) in [6, 6.07) is 8.01. The molecule has 0 radical (unpaired) electrons. The number of hydrogen-bond donors (Lipinski definition) is 0. The van der Waals surface area contributed by atoms with Crippen LogP contribution in [0.3, 0.4) is 0 Å². The fourth-order valence-electron chi connectivity index (χ4n) is 3.47. The molecule has 8 heteroatoms. The van der Waals surface area contributed by atoms with E-state index in [9.17, 15) is 8.42 Å². The summed E-state index contributed by atoms with van der Waals surface area (Å²) in [5, 5.41) is 1.04. The van der Waals surface area contributed by atoms with Crippen molar-refractivity contribution in [2.24, 2.45) is 0 Å². The van der Waals surface area contributed by atoms with Crippen LogP contribution in [-0.4, -0.2) is 53.8 Å². The number of pyridine rings is 1. The van der Waals surface area contributed by atoms with Gasteiger partial charge in [-0.2, -0.15) is 0 Å². The topological polar surface area (TPSA) is 83.3 Å². The van der Waals surface area contributed by atoms with Crippen LogP contribution in [0.4, 0.5) is 0 Å². The quantitative estimate of drug-likeness (QED) is 0.546. The van der Waals surface area contributed by atoms with E-state index in [4.69, 9.17) is 14.5 Å². The highest BCUT2D eigenvalue weighted by molar-refractivity contribution is 7.90. The van der Waals surface area contributed by atoms with Crippen molar-refractivity contribution in [1.82, 2.24) is 14.5 Å². The molecule has 0 aliphatic heterocycles. The van der Waals surface area contributed by atoms with E-state index in [1.165, 1.54) is 6.26 Å². The predicted octanol–water partition coefficient (Wildman–Crippen LogP) is 2.71. The minimum Gasteiger partial charge on any atom is -0.374 e. The summed E-state index contributed by atoms with van der Waals surface area (Å²) in [7, 11) is -3.04. The summed E-state index contributed by atoms with van der Waals surface area (Å²) < 4.78 is 36.7. The lowest BCUT2D eigenvalue weighted by Gasteiger charge is -2.19. The molecule has 1 aliphatic rings. The number of benzene rings is 1. The van der Waals surface area contributed by atoms with Gasteiger partial charge >= 0.3 is 0 Å². The van der Waals surface area contributed by atoms with E-state index in [1.54, 1.807) is 6.20 Å². The Labute approximate surface area is 164 Å². The first kappa shape index (κ1) is 19.3. The molecule has 28 heavy (non-hydrogen) atoms. The normalized spacial score (nSPS) is 16.1. The van der Waals surface area contributed by atoms with Gasteiger partial charge in [0.2, 0.25) is 0 Å². The highest BCUT2D eigenvalue weighted by atomic mass is 32.2. The van der Waals surface area contributed by atoms with Crippen LogP contribution in [0.1, 0.15) is 25.6 Å². The van der Waals surface area contributed by atoms with Crippen molar-refractivity contribution in [3.05, 3.63) is 36.3 Å². The van der Waals surface area contributed by atoms with Gasteiger partial charge in [-0.15, -0.1) is 0 Å². The maximum atomic E-state index is 11.4. The molecule has 4 rings (SSSR count). The lowest BCUT2D eigenvalue weighted by Crippen LogP contribution is -2.26. The molecule has 0 bridgehead atoms. The fraction of sp³-hybridized carbons (Fsp3) is 0.500. The van der Waals surface area contributed by atoms with Crippen LogP contribution < -0.4 is 0 Å². The van der Waals surface area contributed by atoms with Crippen molar-refractivity contribution in [2.45, 2.75) is 38.5 Å². The third-order valence-electron chi connectivity index (χ3n) is 5.11. The van der Waals surface area contributed by atoms with Gasteiger partial charge in [-0.1, -0.05) is 18.2 Å². The third kappa shape index (κ3) is 4.04. The number of fused-ring (bicyclic) bond motifs is 3. The number of ether oxygens (including phenoxy) is 2. The maximum Gasteiger partial charge on any atom is 0.149 e. The van der Waals surface area contributed by atoms with Gasteiger partial charge in [0.1, 0.15) is 27.8 Å². The largest absolute Gasteiger partial charge is 0.374 e. The molecule has 7 nitrogen and oxygen atoms in total. The van der Waals surface area contributed by atoms with Crippen molar-refractivity contribution in [1.29, 1.82) is 0 Å². The lowest BCUT2D eigenvalue weighted by molar-refractivity contribution is 0.0290. The van der Waals surface area contributed by atoms with Crippen molar-refractivity contribution < 1.29 is 17.9 Å². The molecule has 150 valence electrons. The molecule has 2 heterocycles. The van der Waals surface area contributed by atoms with Crippen LogP contribution >= 0.6 is 0 Å². The van der Waals surface area contributed by atoms with Crippen molar-refractivity contribution in [3.8, 4) is 0 Å². The Balaban J connectivity index is 1.70. The van der Waals surface area contributed by atoms with Crippen LogP contribution in [0.2, 0.25) is 0 Å². The molecular formula is C20H25N3O4S. The Morgan fingerprint density at radius 1 is 1.21 bits per heavy atom. The van der Waals surface area contributed by atoms with Gasteiger partial charge in [-0.3, -0.25) is 4.98 Å². The average Bonchev–Trinajstić information content (AvgIpc) is 3.32. The Kier molecular flexibility index (Phi) is 5.11. The smallest absolute Gasteiger partial charge is 0.149 e. The number of imidazole rings is 1. The SMILES string of the molecule is CCOCc1nc2cnc3ccccc3c2n1CC1(OCCS(C)(=O)=O)CC1. The minimum atomic E-state index is -3.04. The Hall–Kier alpha value is -2.03. The van der Waals surface area contributed by atoms with Crippen molar-refractivity contribution in [3.63, 3.8) is 0 Å². The summed E-state index contributed by atoms with van der Waals surface area (Å²) in [5.74, 6) is 0.880. The van der Waals surface area contributed by atoms with Gasteiger partial charge in [-0.05, 0) is 25.8 Å². The molecule has 0 N–H and O–H groups in total. The second-order valence-electron chi connectivity index (χ2n) is 7.42. The van der Waals surface area contributed by atoms with Gasteiger partial charge in [0.15, 0.2) is 0 Å². The fourth-order valence-corrected chi connectivity index (χ4v) is 3.86. The number of aromatic nitrogens is 3. The molecule has 0 unspecified atom stereocenters. The molecular weight excluding hydrogens is 378 g/mol. The molecule has 0 atom stereocenters. The third-order valence-corrected chi connectivity index (χ3v) is 6.02. The van der Waals surface area contributed by atoms with Crippen LogP contribution in [0, 0.1) is 0 Å². The molecule has 3 aromatic rings. The molecule has 1 aromatic carbocycles. The van der Waals surface area contributed by atoms with Gasteiger partial charge < -0.3 is 14.0 Å². The summed E-state index contributed by atoms with van der Waals surface area (Å²) in [5.41, 5.74) is 2.45. The summed E-state index contributed by atoms with van der Waals surface area (Å²) in [6.45, 7) is 3.83. The predicted molar refractivity (Wildman–Crippen MR) is 108 cm³/mol. The Bertz CT molecular complexity index is 1100. The van der Waals surface area contributed by atoms with Gasteiger partial charge in [0, 0.05) is 18.2 Å². The van der Waals surface area contributed by atoms with Crippen LogP contribution in [0.5, 0.6) is 0 Å². The molecule has 1 saturated carbocycles. The van der Waals surface area contributed by atoms with E-state index in [1.807, 2.05) is 25.1 Å². The minimum absolute atomic E-state index is 0.0398. The van der Waals surface area contributed by atoms with Crippen LogP contribution in [0.25, 0.3) is 21.9 Å². The van der Waals surface area contributed by atoms with Gasteiger partial charge in [0.25, 0.3) is 0 Å². The molecule has 0 spiro atoms. The summed E-state index contributed by atoms with van der Waals surface area (Å²) in [4.78, 5) is 9.27. The number of nitrogens with zero attached hydrogens (tertiary/aromatic N) is 3. The highest BCUT2D eigenvalue weighted by Crippen LogP contribution is 2.42. The zero-order chi connectivity index (χ0) is 19.8. The lowest BCUT2D eigenvalue weighted by atomic mass is 10.2. The zero-order valence-electron chi connectivity index (χ0n) is 16.2. The molecule has 0 amide bonds. The number of sulfone groups is 1. The van der Waals surface area contributed by atoms with Crippen LogP contribution in [0.15, 0.2) is 30.5 Å². The first-order valence-electron chi connectivity index (χ1n) is 9.53. The average molecular weight is 404 g/mol. The standard InChI is InChI=1S/C20H25N3O4S/c1-3-26-13-18-22-17-12-21-16-7-5-4-6-15(16)19(17)23(18)14-20(8-9-20)27-10-11-28(2,24)25/h4-7,12H,3,8-11,13-14H2,1-2H3. The van der Waals surface area contributed by atoms with Gasteiger partial charge in [0.05, 0.1) is 41.7 Å². The van der Waals surface area contributed by atoms with Crippen molar-refractivity contribution >= 4 is 31.8 Å². The molecule has 0 saturated heterocycles.